The van der Waals surface area contributed by atoms with Crippen LogP contribution in [-0.2, 0) is 0 Å². The Labute approximate surface area is 177 Å². The predicted molar refractivity (Wildman–Crippen MR) is 116 cm³/mol. The van der Waals surface area contributed by atoms with Crippen LogP contribution in [0, 0.1) is 17.4 Å². The molecule has 1 amide bonds. The van der Waals surface area contributed by atoms with Gasteiger partial charge in [0.25, 0.3) is 5.91 Å². The van der Waals surface area contributed by atoms with E-state index in [0.29, 0.717) is 18.9 Å². The van der Waals surface area contributed by atoms with E-state index in [-0.39, 0.29) is 5.91 Å². The Balaban J connectivity index is 1.40. The second kappa shape index (κ2) is 7.86. The largest absolute Gasteiger partial charge is 0.352 e. The molecule has 0 atom stereocenters. The summed E-state index contributed by atoms with van der Waals surface area (Å²) in [6, 6.07) is 13.6. The minimum atomic E-state index is 0.0852. The highest BCUT2D eigenvalue weighted by Gasteiger charge is 2.23. The lowest BCUT2D eigenvalue weighted by Gasteiger charge is -2.35. The van der Waals surface area contributed by atoms with E-state index in [1.807, 2.05) is 61.2 Å². The van der Waals surface area contributed by atoms with Crippen LogP contribution in [0.1, 0.15) is 21.7 Å². The molecule has 3 aromatic rings. The van der Waals surface area contributed by atoms with Gasteiger partial charge in [0.2, 0.25) is 0 Å². The number of nitrogens with zero attached hydrogens (tertiary/aromatic N) is 6. The van der Waals surface area contributed by atoms with Gasteiger partial charge in [-0.3, -0.25) is 4.79 Å². The van der Waals surface area contributed by atoms with Crippen LogP contribution in [0.4, 0.5) is 5.82 Å². The number of hydrogen-bond acceptors (Lipinski definition) is 5. The van der Waals surface area contributed by atoms with Crippen LogP contribution >= 0.6 is 22.6 Å². The third-order valence-corrected chi connectivity index (χ3v) is 5.56. The summed E-state index contributed by atoms with van der Waals surface area (Å²) >= 11 is 2.24. The second-order valence-corrected chi connectivity index (χ2v) is 8.12. The number of aromatic nitrogens is 4. The number of carbonyl (C=O) groups excluding carboxylic acids is 1. The minimum Gasteiger partial charge on any atom is -0.352 e. The summed E-state index contributed by atoms with van der Waals surface area (Å²) in [5.74, 6) is 1.62. The molecular formula is C20H21IN6O. The lowest BCUT2D eigenvalue weighted by Crippen LogP contribution is -2.49. The Kier molecular flexibility index (Phi) is 5.29. The summed E-state index contributed by atoms with van der Waals surface area (Å²) in [5.41, 5.74) is 2.72. The molecule has 0 bridgehead atoms. The topological polar surface area (TPSA) is 67.2 Å². The van der Waals surface area contributed by atoms with Crippen LogP contribution in [0.15, 0.2) is 42.5 Å². The second-order valence-electron chi connectivity index (χ2n) is 6.87. The number of benzene rings is 1. The molecule has 144 valence electrons. The molecule has 1 aliphatic rings. The molecule has 1 aliphatic heterocycles. The summed E-state index contributed by atoms with van der Waals surface area (Å²) in [4.78, 5) is 16.7. The highest BCUT2D eigenvalue weighted by atomic mass is 127. The molecule has 1 fully saturated rings. The van der Waals surface area contributed by atoms with Crippen molar-refractivity contribution in [2.75, 3.05) is 31.1 Å². The van der Waals surface area contributed by atoms with Crippen molar-refractivity contribution in [2.45, 2.75) is 13.8 Å². The van der Waals surface area contributed by atoms with Crippen molar-refractivity contribution in [3.8, 4) is 5.82 Å². The maximum Gasteiger partial charge on any atom is 0.253 e. The maximum atomic E-state index is 12.7. The van der Waals surface area contributed by atoms with E-state index in [0.717, 1.165) is 39.4 Å². The summed E-state index contributed by atoms with van der Waals surface area (Å²) < 4.78 is 2.92. The molecule has 0 unspecified atom stereocenters. The van der Waals surface area contributed by atoms with E-state index in [1.165, 1.54) is 0 Å². The number of anilines is 1. The Bertz CT molecular complexity index is 975. The van der Waals surface area contributed by atoms with E-state index in [9.17, 15) is 4.79 Å². The zero-order valence-electron chi connectivity index (χ0n) is 15.8. The molecular weight excluding hydrogens is 467 g/mol. The molecule has 1 saturated heterocycles. The van der Waals surface area contributed by atoms with Crippen LogP contribution < -0.4 is 4.90 Å². The summed E-state index contributed by atoms with van der Waals surface area (Å²) in [6.45, 7) is 6.78. The zero-order chi connectivity index (χ0) is 19.7. The fourth-order valence-electron chi connectivity index (χ4n) is 3.37. The number of hydrogen-bond donors (Lipinski definition) is 0. The van der Waals surface area contributed by atoms with Gasteiger partial charge in [-0.15, -0.1) is 10.2 Å². The first-order chi connectivity index (χ1) is 13.5. The standard InChI is InChI=1S/C20H21IN6O/c1-14-13-15(2)27(24-14)19-8-7-18(22-23-19)25-9-11-26(12-10-25)20(28)16-3-5-17(21)6-4-16/h3-8,13H,9-12H2,1-2H3. The first-order valence-corrected chi connectivity index (χ1v) is 10.3. The van der Waals surface area contributed by atoms with E-state index < -0.39 is 0 Å². The monoisotopic (exact) mass is 488 g/mol. The number of carbonyl (C=O) groups is 1. The van der Waals surface area contributed by atoms with Crippen LogP contribution in [0.3, 0.4) is 0 Å². The SMILES string of the molecule is Cc1cc(C)n(-c2ccc(N3CCN(C(=O)c4ccc(I)cc4)CC3)nn2)n1. The van der Waals surface area contributed by atoms with Crippen molar-refractivity contribution in [1.29, 1.82) is 0 Å². The molecule has 0 saturated carbocycles. The maximum absolute atomic E-state index is 12.7. The predicted octanol–water partition coefficient (Wildman–Crippen LogP) is 2.85. The summed E-state index contributed by atoms with van der Waals surface area (Å²) in [7, 11) is 0. The zero-order valence-corrected chi connectivity index (χ0v) is 18.0. The average molecular weight is 488 g/mol. The molecule has 4 rings (SSSR count). The number of rotatable bonds is 3. The highest BCUT2D eigenvalue weighted by molar-refractivity contribution is 14.1. The van der Waals surface area contributed by atoms with Gasteiger partial charge in [0.05, 0.1) is 5.69 Å². The molecule has 1 aromatic carbocycles. The molecule has 0 N–H and O–H groups in total. The van der Waals surface area contributed by atoms with Crippen molar-refractivity contribution in [3.05, 3.63) is 63.0 Å². The average Bonchev–Trinajstić information content (AvgIpc) is 3.06. The molecule has 0 spiro atoms. The Morgan fingerprint density at radius 2 is 1.57 bits per heavy atom. The van der Waals surface area contributed by atoms with Crippen molar-refractivity contribution in [1.82, 2.24) is 24.9 Å². The molecule has 7 nitrogen and oxygen atoms in total. The molecule has 0 radical (unpaired) electrons. The van der Waals surface area contributed by atoms with Gasteiger partial charge < -0.3 is 9.80 Å². The van der Waals surface area contributed by atoms with E-state index in [2.05, 4.69) is 42.8 Å². The Hall–Kier alpha value is -2.49. The van der Waals surface area contributed by atoms with Crippen molar-refractivity contribution < 1.29 is 4.79 Å². The van der Waals surface area contributed by atoms with Crippen LogP contribution in [-0.4, -0.2) is 57.0 Å². The van der Waals surface area contributed by atoms with Gasteiger partial charge in [0.1, 0.15) is 0 Å². The Morgan fingerprint density at radius 3 is 2.14 bits per heavy atom. The van der Waals surface area contributed by atoms with Gasteiger partial charge in [-0.25, -0.2) is 4.68 Å². The fourth-order valence-corrected chi connectivity index (χ4v) is 3.73. The molecule has 0 aliphatic carbocycles. The first kappa shape index (κ1) is 18.9. The van der Waals surface area contributed by atoms with E-state index >= 15 is 0 Å². The fraction of sp³-hybridized carbons (Fsp3) is 0.300. The van der Waals surface area contributed by atoms with Gasteiger partial charge in [-0.05, 0) is 78.9 Å². The third kappa shape index (κ3) is 3.87. The van der Waals surface area contributed by atoms with Crippen LogP contribution in [0.25, 0.3) is 5.82 Å². The molecule has 28 heavy (non-hydrogen) atoms. The number of halogens is 1. The first-order valence-electron chi connectivity index (χ1n) is 9.18. The number of aryl methyl sites for hydroxylation is 2. The van der Waals surface area contributed by atoms with E-state index in [1.54, 1.807) is 4.68 Å². The van der Waals surface area contributed by atoms with Gasteiger partial charge in [-0.2, -0.15) is 5.10 Å². The smallest absolute Gasteiger partial charge is 0.253 e. The highest BCUT2D eigenvalue weighted by Crippen LogP contribution is 2.17. The summed E-state index contributed by atoms with van der Waals surface area (Å²) in [6.07, 6.45) is 0. The lowest BCUT2D eigenvalue weighted by molar-refractivity contribution is 0.0746. The molecule has 8 heteroatoms. The van der Waals surface area contributed by atoms with Gasteiger partial charge >= 0.3 is 0 Å². The number of amides is 1. The molecule has 3 heterocycles. The normalized spacial score (nSPS) is 14.4. The molecule has 2 aromatic heterocycles. The number of piperazine rings is 1. The van der Waals surface area contributed by atoms with Gasteiger partial charge in [-0.1, -0.05) is 0 Å². The van der Waals surface area contributed by atoms with Crippen molar-refractivity contribution >= 4 is 34.3 Å². The van der Waals surface area contributed by atoms with E-state index in [4.69, 9.17) is 0 Å². The lowest BCUT2D eigenvalue weighted by atomic mass is 10.2. The van der Waals surface area contributed by atoms with Crippen LogP contribution in [0.2, 0.25) is 0 Å². The Morgan fingerprint density at radius 1 is 0.929 bits per heavy atom. The van der Waals surface area contributed by atoms with Crippen LogP contribution in [0.5, 0.6) is 0 Å². The van der Waals surface area contributed by atoms with Crippen molar-refractivity contribution in [3.63, 3.8) is 0 Å². The van der Waals surface area contributed by atoms with Gasteiger partial charge in [0.15, 0.2) is 11.6 Å². The minimum absolute atomic E-state index is 0.0852. The quantitative estimate of drug-likeness (QED) is 0.531. The van der Waals surface area contributed by atoms with Gasteiger partial charge in [0, 0.05) is 41.0 Å². The van der Waals surface area contributed by atoms with Crippen molar-refractivity contribution in [2.24, 2.45) is 0 Å². The summed E-state index contributed by atoms with van der Waals surface area (Å²) in [5, 5.41) is 13.2. The third-order valence-electron chi connectivity index (χ3n) is 4.85.